The lowest BCUT2D eigenvalue weighted by Gasteiger charge is -2.21. The molecule has 0 saturated carbocycles. The van der Waals surface area contributed by atoms with Crippen molar-refractivity contribution in [2.75, 3.05) is 23.7 Å². The molecule has 0 saturated heterocycles. The summed E-state index contributed by atoms with van der Waals surface area (Å²) in [5.74, 6) is 0. The van der Waals surface area contributed by atoms with Crippen LogP contribution in [0.25, 0.3) is 11.3 Å². The molecule has 96 valence electrons. The number of nitrogens with two attached hydrogens (primary N) is 1. The van der Waals surface area contributed by atoms with E-state index < -0.39 is 0 Å². The first kappa shape index (κ1) is 12.5. The molecule has 4 nitrogen and oxygen atoms in total. The molecule has 0 bridgehead atoms. The first-order valence-corrected chi connectivity index (χ1v) is 6.30. The summed E-state index contributed by atoms with van der Waals surface area (Å²) in [4.78, 5) is 2.32. The molecule has 0 unspecified atom stereocenters. The van der Waals surface area contributed by atoms with Crippen LogP contribution in [-0.4, -0.2) is 22.9 Å². The monoisotopic (exact) mass is 244 g/mol. The largest absolute Gasteiger partial charge is 0.396 e. The number of anilines is 2. The van der Waals surface area contributed by atoms with Gasteiger partial charge >= 0.3 is 0 Å². The Morgan fingerprint density at radius 3 is 2.22 bits per heavy atom. The van der Waals surface area contributed by atoms with Crippen LogP contribution in [0.4, 0.5) is 11.4 Å². The average Bonchev–Trinajstić information content (AvgIpc) is 2.72. The quantitative estimate of drug-likeness (QED) is 0.899. The second-order valence-corrected chi connectivity index (χ2v) is 4.29. The summed E-state index contributed by atoms with van der Waals surface area (Å²) < 4.78 is 1.81. The third kappa shape index (κ3) is 2.18. The van der Waals surface area contributed by atoms with Gasteiger partial charge in [0.05, 0.1) is 17.6 Å². The number of rotatable bonds is 4. The van der Waals surface area contributed by atoms with Crippen LogP contribution in [0.15, 0.2) is 30.5 Å². The Labute approximate surface area is 108 Å². The Balaban J connectivity index is 2.33. The van der Waals surface area contributed by atoms with Crippen LogP contribution >= 0.6 is 0 Å². The Morgan fingerprint density at radius 1 is 1.17 bits per heavy atom. The van der Waals surface area contributed by atoms with Gasteiger partial charge in [0.1, 0.15) is 0 Å². The number of aromatic nitrogens is 2. The van der Waals surface area contributed by atoms with Crippen LogP contribution in [0.1, 0.15) is 13.8 Å². The maximum atomic E-state index is 5.93. The van der Waals surface area contributed by atoms with Gasteiger partial charge in [0.2, 0.25) is 0 Å². The molecule has 0 fully saturated rings. The van der Waals surface area contributed by atoms with Crippen molar-refractivity contribution in [1.82, 2.24) is 9.78 Å². The van der Waals surface area contributed by atoms with E-state index >= 15 is 0 Å². The summed E-state index contributed by atoms with van der Waals surface area (Å²) in [5, 5.41) is 4.16. The molecular formula is C14H20N4. The highest BCUT2D eigenvalue weighted by atomic mass is 15.3. The molecule has 18 heavy (non-hydrogen) atoms. The molecule has 1 aromatic carbocycles. The standard InChI is InChI=1S/C14H20N4/c1-4-18(5-2)12-8-6-11(7-9-12)14-13(15)10-16-17(14)3/h6-10H,4-5,15H2,1-3H3. The summed E-state index contributed by atoms with van der Waals surface area (Å²) in [6.45, 7) is 6.36. The van der Waals surface area contributed by atoms with E-state index in [2.05, 4.69) is 48.1 Å². The SMILES string of the molecule is CCN(CC)c1ccc(-c2c(N)cnn2C)cc1. The van der Waals surface area contributed by atoms with Crippen molar-refractivity contribution in [2.45, 2.75) is 13.8 Å². The minimum atomic E-state index is 0.716. The summed E-state index contributed by atoms with van der Waals surface area (Å²) >= 11 is 0. The van der Waals surface area contributed by atoms with E-state index in [1.165, 1.54) is 5.69 Å². The molecule has 0 aliphatic rings. The Morgan fingerprint density at radius 2 is 1.78 bits per heavy atom. The lowest BCUT2D eigenvalue weighted by Crippen LogP contribution is -2.21. The summed E-state index contributed by atoms with van der Waals surface area (Å²) in [6, 6.07) is 8.46. The smallest absolute Gasteiger partial charge is 0.0908 e. The molecule has 0 aliphatic heterocycles. The maximum absolute atomic E-state index is 5.93. The second kappa shape index (κ2) is 5.12. The van der Waals surface area contributed by atoms with Gasteiger partial charge in [-0.25, -0.2) is 0 Å². The van der Waals surface area contributed by atoms with E-state index in [0.29, 0.717) is 5.69 Å². The molecule has 0 amide bonds. The van der Waals surface area contributed by atoms with Gasteiger partial charge in [0.25, 0.3) is 0 Å². The van der Waals surface area contributed by atoms with E-state index in [1.807, 2.05) is 11.7 Å². The molecule has 0 radical (unpaired) electrons. The lowest BCUT2D eigenvalue weighted by molar-refractivity contribution is 0.776. The molecule has 1 heterocycles. The number of nitrogens with zero attached hydrogens (tertiary/aromatic N) is 3. The van der Waals surface area contributed by atoms with Crippen molar-refractivity contribution in [3.05, 3.63) is 30.5 Å². The van der Waals surface area contributed by atoms with E-state index in [9.17, 15) is 0 Å². The zero-order valence-electron chi connectivity index (χ0n) is 11.2. The maximum Gasteiger partial charge on any atom is 0.0908 e. The number of nitrogen functional groups attached to an aromatic ring is 1. The predicted molar refractivity (Wildman–Crippen MR) is 76.6 cm³/mol. The minimum Gasteiger partial charge on any atom is -0.396 e. The highest BCUT2D eigenvalue weighted by Crippen LogP contribution is 2.27. The molecule has 0 spiro atoms. The van der Waals surface area contributed by atoms with Crippen LogP contribution in [0.3, 0.4) is 0 Å². The summed E-state index contributed by atoms with van der Waals surface area (Å²) in [7, 11) is 1.91. The zero-order valence-corrected chi connectivity index (χ0v) is 11.2. The molecular weight excluding hydrogens is 224 g/mol. The molecule has 1 aromatic heterocycles. The molecule has 0 atom stereocenters. The predicted octanol–water partition coefficient (Wildman–Crippen LogP) is 2.52. The van der Waals surface area contributed by atoms with E-state index in [-0.39, 0.29) is 0 Å². The van der Waals surface area contributed by atoms with Crippen molar-refractivity contribution in [2.24, 2.45) is 7.05 Å². The summed E-state index contributed by atoms with van der Waals surface area (Å²) in [5.41, 5.74) is 9.96. The average molecular weight is 244 g/mol. The third-order valence-electron chi connectivity index (χ3n) is 3.24. The van der Waals surface area contributed by atoms with Crippen molar-refractivity contribution in [1.29, 1.82) is 0 Å². The van der Waals surface area contributed by atoms with Crippen LogP contribution in [0, 0.1) is 0 Å². The fourth-order valence-electron chi connectivity index (χ4n) is 2.23. The van der Waals surface area contributed by atoms with Gasteiger partial charge in [0, 0.05) is 31.4 Å². The topological polar surface area (TPSA) is 47.1 Å². The number of aryl methyl sites for hydroxylation is 1. The minimum absolute atomic E-state index is 0.716. The van der Waals surface area contributed by atoms with Gasteiger partial charge in [0.15, 0.2) is 0 Å². The van der Waals surface area contributed by atoms with E-state index in [0.717, 1.165) is 24.3 Å². The fourth-order valence-corrected chi connectivity index (χ4v) is 2.23. The highest BCUT2D eigenvalue weighted by Gasteiger charge is 2.08. The molecule has 4 heteroatoms. The fraction of sp³-hybridized carbons (Fsp3) is 0.357. The third-order valence-corrected chi connectivity index (χ3v) is 3.24. The van der Waals surface area contributed by atoms with Gasteiger partial charge in [-0.05, 0) is 26.0 Å². The number of hydrogen-bond donors (Lipinski definition) is 1. The van der Waals surface area contributed by atoms with Crippen LogP contribution < -0.4 is 10.6 Å². The van der Waals surface area contributed by atoms with E-state index in [1.54, 1.807) is 6.20 Å². The first-order chi connectivity index (χ1) is 8.67. The Kier molecular flexibility index (Phi) is 3.55. The van der Waals surface area contributed by atoms with Crippen molar-refractivity contribution < 1.29 is 0 Å². The van der Waals surface area contributed by atoms with Gasteiger partial charge in [-0.1, -0.05) is 12.1 Å². The van der Waals surface area contributed by atoms with Gasteiger partial charge < -0.3 is 10.6 Å². The van der Waals surface area contributed by atoms with Crippen LogP contribution in [0.5, 0.6) is 0 Å². The first-order valence-electron chi connectivity index (χ1n) is 6.30. The lowest BCUT2D eigenvalue weighted by atomic mass is 10.1. The van der Waals surface area contributed by atoms with Crippen molar-refractivity contribution in [3.63, 3.8) is 0 Å². The van der Waals surface area contributed by atoms with Gasteiger partial charge in [-0.2, -0.15) is 5.10 Å². The Bertz CT molecular complexity index is 490. The number of hydrogen-bond acceptors (Lipinski definition) is 3. The van der Waals surface area contributed by atoms with Crippen LogP contribution in [-0.2, 0) is 7.05 Å². The highest BCUT2D eigenvalue weighted by molar-refractivity contribution is 5.73. The Hall–Kier alpha value is -1.97. The van der Waals surface area contributed by atoms with Crippen molar-refractivity contribution in [3.8, 4) is 11.3 Å². The summed E-state index contributed by atoms with van der Waals surface area (Å²) in [6.07, 6.45) is 1.69. The van der Waals surface area contributed by atoms with Gasteiger partial charge in [-0.3, -0.25) is 4.68 Å². The van der Waals surface area contributed by atoms with Gasteiger partial charge in [-0.15, -0.1) is 0 Å². The van der Waals surface area contributed by atoms with Crippen molar-refractivity contribution >= 4 is 11.4 Å². The molecule has 2 rings (SSSR count). The molecule has 2 aromatic rings. The van der Waals surface area contributed by atoms with E-state index in [4.69, 9.17) is 5.73 Å². The molecule has 0 aliphatic carbocycles. The van der Waals surface area contributed by atoms with Crippen LogP contribution in [0.2, 0.25) is 0 Å². The molecule has 2 N–H and O–H groups in total. The second-order valence-electron chi connectivity index (χ2n) is 4.29. The zero-order chi connectivity index (χ0) is 13.1. The number of benzene rings is 1. The normalized spacial score (nSPS) is 10.6.